The number of carbonyl (C=O) groups is 2. The average molecular weight is 272 g/mol. The minimum Gasteiger partial charge on any atom is -0.481 e. The SMILES string of the molecule is Cn1c(Cl)cnc1CN1CC(C(=O)O)CCC1=O. The highest BCUT2D eigenvalue weighted by atomic mass is 35.5. The van der Waals surface area contributed by atoms with Gasteiger partial charge in [-0.1, -0.05) is 11.6 Å². The van der Waals surface area contributed by atoms with Crippen molar-refractivity contribution in [3.05, 3.63) is 17.2 Å². The molecule has 98 valence electrons. The van der Waals surface area contributed by atoms with Crippen molar-refractivity contribution in [1.29, 1.82) is 0 Å². The topological polar surface area (TPSA) is 75.4 Å². The fraction of sp³-hybridized carbons (Fsp3) is 0.545. The van der Waals surface area contributed by atoms with E-state index in [1.807, 2.05) is 0 Å². The Bertz CT molecular complexity index is 486. The van der Waals surface area contributed by atoms with Gasteiger partial charge in [-0.15, -0.1) is 0 Å². The zero-order valence-corrected chi connectivity index (χ0v) is 10.7. The molecule has 1 amide bonds. The fourth-order valence-electron chi connectivity index (χ4n) is 2.01. The Kier molecular flexibility index (Phi) is 3.56. The summed E-state index contributed by atoms with van der Waals surface area (Å²) >= 11 is 5.87. The van der Waals surface area contributed by atoms with Gasteiger partial charge < -0.3 is 14.6 Å². The molecule has 0 bridgehead atoms. The van der Waals surface area contributed by atoms with Crippen LogP contribution in [0.15, 0.2) is 6.20 Å². The Morgan fingerprint density at radius 3 is 2.94 bits per heavy atom. The number of imidazole rings is 1. The van der Waals surface area contributed by atoms with E-state index in [1.54, 1.807) is 11.6 Å². The number of nitrogens with zero attached hydrogens (tertiary/aromatic N) is 3. The van der Waals surface area contributed by atoms with Crippen molar-refractivity contribution >= 4 is 23.5 Å². The van der Waals surface area contributed by atoms with Crippen molar-refractivity contribution in [2.75, 3.05) is 6.54 Å². The molecule has 0 saturated carbocycles. The maximum Gasteiger partial charge on any atom is 0.308 e. The van der Waals surface area contributed by atoms with Crippen LogP contribution < -0.4 is 0 Å². The number of rotatable bonds is 3. The third kappa shape index (κ3) is 2.48. The molecule has 2 rings (SSSR count). The first kappa shape index (κ1) is 12.9. The van der Waals surface area contributed by atoms with Gasteiger partial charge in [0, 0.05) is 20.0 Å². The van der Waals surface area contributed by atoms with Crippen LogP contribution in [0.2, 0.25) is 5.15 Å². The molecular formula is C11H14ClN3O3. The van der Waals surface area contributed by atoms with Gasteiger partial charge in [0.2, 0.25) is 5.91 Å². The molecule has 2 heterocycles. The lowest BCUT2D eigenvalue weighted by Crippen LogP contribution is -2.42. The fourth-order valence-corrected chi connectivity index (χ4v) is 2.16. The van der Waals surface area contributed by atoms with Crippen LogP contribution >= 0.6 is 11.6 Å². The van der Waals surface area contributed by atoms with Gasteiger partial charge in [0.15, 0.2) is 0 Å². The zero-order valence-electron chi connectivity index (χ0n) is 9.97. The van der Waals surface area contributed by atoms with Crippen molar-refractivity contribution in [3.8, 4) is 0 Å². The third-order valence-electron chi connectivity index (χ3n) is 3.21. The summed E-state index contributed by atoms with van der Waals surface area (Å²) in [4.78, 5) is 28.3. The van der Waals surface area contributed by atoms with Crippen LogP contribution in [-0.2, 0) is 23.2 Å². The van der Waals surface area contributed by atoms with Crippen molar-refractivity contribution < 1.29 is 14.7 Å². The predicted octanol–water partition coefficient (Wildman–Crippen LogP) is 0.897. The van der Waals surface area contributed by atoms with Gasteiger partial charge in [-0.2, -0.15) is 0 Å². The van der Waals surface area contributed by atoms with Crippen molar-refractivity contribution in [2.45, 2.75) is 19.4 Å². The van der Waals surface area contributed by atoms with Crippen molar-refractivity contribution in [3.63, 3.8) is 0 Å². The molecule has 1 unspecified atom stereocenters. The second kappa shape index (κ2) is 4.97. The average Bonchev–Trinajstić information content (AvgIpc) is 2.63. The molecule has 1 N–H and O–H groups in total. The first-order valence-electron chi connectivity index (χ1n) is 5.65. The number of carboxylic acid groups (broad SMARTS) is 1. The minimum absolute atomic E-state index is 0.0355. The Labute approximate surface area is 109 Å². The van der Waals surface area contributed by atoms with Crippen LogP contribution in [-0.4, -0.2) is 38.0 Å². The number of aromatic nitrogens is 2. The van der Waals surface area contributed by atoms with Gasteiger partial charge in [0.25, 0.3) is 0 Å². The molecule has 1 aromatic heterocycles. The van der Waals surface area contributed by atoms with E-state index in [2.05, 4.69) is 4.98 Å². The summed E-state index contributed by atoms with van der Waals surface area (Å²) in [5, 5.41) is 9.48. The highest BCUT2D eigenvalue weighted by Crippen LogP contribution is 2.20. The van der Waals surface area contributed by atoms with Gasteiger partial charge in [0.05, 0.1) is 18.7 Å². The molecule has 1 aliphatic rings. The Morgan fingerprint density at radius 2 is 2.39 bits per heavy atom. The number of piperidine rings is 1. The standard InChI is InChI=1S/C11H14ClN3O3/c1-14-8(12)4-13-9(14)6-15-5-7(11(17)18)2-3-10(15)16/h4,7H,2-3,5-6H2,1H3,(H,17,18). The molecule has 1 saturated heterocycles. The molecule has 0 aromatic carbocycles. The number of hydrogen-bond donors (Lipinski definition) is 1. The molecule has 1 atom stereocenters. The quantitative estimate of drug-likeness (QED) is 0.886. The van der Waals surface area contributed by atoms with E-state index < -0.39 is 11.9 Å². The molecule has 0 aliphatic carbocycles. The summed E-state index contributed by atoms with van der Waals surface area (Å²) in [7, 11) is 1.76. The van der Waals surface area contributed by atoms with E-state index in [4.69, 9.17) is 16.7 Å². The lowest BCUT2D eigenvalue weighted by molar-refractivity contribution is -0.147. The summed E-state index contributed by atoms with van der Waals surface area (Å²) in [6.45, 7) is 0.532. The largest absolute Gasteiger partial charge is 0.481 e. The second-order valence-electron chi connectivity index (χ2n) is 4.40. The maximum absolute atomic E-state index is 11.7. The van der Waals surface area contributed by atoms with Crippen LogP contribution in [0.25, 0.3) is 0 Å². The van der Waals surface area contributed by atoms with E-state index in [1.165, 1.54) is 11.1 Å². The number of halogens is 1. The molecule has 1 fully saturated rings. The number of aliphatic carboxylic acids is 1. The van der Waals surface area contributed by atoms with Gasteiger partial charge >= 0.3 is 5.97 Å². The summed E-state index contributed by atoms with van der Waals surface area (Å²) in [6, 6.07) is 0. The molecular weight excluding hydrogens is 258 g/mol. The molecule has 18 heavy (non-hydrogen) atoms. The number of likely N-dealkylation sites (tertiary alicyclic amines) is 1. The normalized spacial score (nSPS) is 20.2. The highest BCUT2D eigenvalue weighted by molar-refractivity contribution is 6.29. The van der Waals surface area contributed by atoms with Gasteiger partial charge in [-0.05, 0) is 6.42 Å². The number of hydrogen-bond acceptors (Lipinski definition) is 3. The number of amides is 1. The lowest BCUT2D eigenvalue weighted by Gasteiger charge is -2.30. The smallest absolute Gasteiger partial charge is 0.308 e. The number of carboxylic acids is 1. The molecule has 6 nitrogen and oxygen atoms in total. The first-order chi connectivity index (χ1) is 8.49. The van der Waals surface area contributed by atoms with Crippen molar-refractivity contribution in [2.24, 2.45) is 13.0 Å². The summed E-state index contributed by atoms with van der Waals surface area (Å²) < 4.78 is 1.68. The molecule has 0 spiro atoms. The Morgan fingerprint density at radius 1 is 1.67 bits per heavy atom. The summed E-state index contributed by atoms with van der Waals surface area (Å²) in [6.07, 6.45) is 2.20. The van der Waals surface area contributed by atoms with Crippen LogP contribution in [0.5, 0.6) is 0 Å². The second-order valence-corrected chi connectivity index (χ2v) is 4.79. The molecule has 0 radical (unpaired) electrons. The maximum atomic E-state index is 11.7. The predicted molar refractivity (Wildman–Crippen MR) is 64.0 cm³/mol. The van der Waals surface area contributed by atoms with Crippen LogP contribution in [0.3, 0.4) is 0 Å². The van der Waals surface area contributed by atoms with Crippen LogP contribution in [0.4, 0.5) is 0 Å². The number of carbonyl (C=O) groups excluding carboxylic acids is 1. The zero-order chi connectivity index (χ0) is 13.3. The van der Waals surface area contributed by atoms with E-state index in [-0.39, 0.29) is 18.9 Å². The van der Waals surface area contributed by atoms with Crippen LogP contribution in [0.1, 0.15) is 18.7 Å². The van der Waals surface area contributed by atoms with Gasteiger partial charge in [0.1, 0.15) is 11.0 Å². The van der Waals surface area contributed by atoms with Crippen molar-refractivity contribution in [1.82, 2.24) is 14.5 Å². The highest BCUT2D eigenvalue weighted by Gasteiger charge is 2.30. The molecule has 7 heteroatoms. The van der Waals surface area contributed by atoms with Gasteiger partial charge in [-0.3, -0.25) is 9.59 Å². The van der Waals surface area contributed by atoms with E-state index >= 15 is 0 Å². The van der Waals surface area contributed by atoms with E-state index in [0.717, 1.165) is 0 Å². The Balaban J connectivity index is 2.09. The Hall–Kier alpha value is -1.56. The van der Waals surface area contributed by atoms with E-state index in [0.29, 0.717) is 23.9 Å². The lowest BCUT2D eigenvalue weighted by atomic mass is 9.98. The summed E-state index contributed by atoms with van der Waals surface area (Å²) in [5.41, 5.74) is 0. The first-order valence-corrected chi connectivity index (χ1v) is 6.03. The monoisotopic (exact) mass is 271 g/mol. The van der Waals surface area contributed by atoms with Gasteiger partial charge in [-0.25, -0.2) is 4.98 Å². The minimum atomic E-state index is -0.856. The molecule has 1 aliphatic heterocycles. The third-order valence-corrected chi connectivity index (χ3v) is 3.56. The molecule has 1 aromatic rings. The van der Waals surface area contributed by atoms with E-state index in [9.17, 15) is 9.59 Å². The van der Waals surface area contributed by atoms with Crippen LogP contribution in [0, 0.1) is 5.92 Å². The summed E-state index contributed by atoms with van der Waals surface area (Å²) in [5.74, 6) is -0.727.